The van der Waals surface area contributed by atoms with E-state index < -0.39 is 38.0 Å². The van der Waals surface area contributed by atoms with Crippen LogP contribution in [0.15, 0.2) is 31.1 Å². The van der Waals surface area contributed by atoms with Gasteiger partial charge < -0.3 is 20.7 Å². The summed E-state index contributed by atoms with van der Waals surface area (Å²) in [7, 11) is -3.95. The molecular formula is C20H25N6O7P. The summed E-state index contributed by atoms with van der Waals surface area (Å²) in [6, 6.07) is 1.89. The molecule has 14 heteroatoms. The first kappa shape index (κ1) is 23.2. The molecular weight excluding hydrogens is 467 g/mol. The number of nitrogens with two attached hydrogens (primary N) is 1. The highest BCUT2D eigenvalue weighted by atomic mass is 31.2. The fraction of sp³-hybridized carbons (Fsp3) is 0.500. The third kappa shape index (κ3) is 4.09. The maximum atomic E-state index is 13.1. The van der Waals surface area contributed by atoms with Crippen molar-refractivity contribution in [3.63, 3.8) is 0 Å². The second-order valence-corrected chi connectivity index (χ2v) is 10.2. The quantitative estimate of drug-likeness (QED) is 0.437. The number of anilines is 1. The van der Waals surface area contributed by atoms with Crippen LogP contribution >= 0.6 is 7.82 Å². The molecule has 2 aliphatic rings. The molecule has 2 fully saturated rings. The van der Waals surface area contributed by atoms with E-state index in [-0.39, 0.29) is 19.0 Å². The zero-order chi connectivity index (χ0) is 24.1. The summed E-state index contributed by atoms with van der Waals surface area (Å²) in [5, 5.41) is 21.8. The lowest BCUT2D eigenvalue weighted by Crippen LogP contribution is -2.44. The molecule has 5 rings (SSSR count). The molecule has 4 N–H and O–H groups in total. The van der Waals surface area contributed by atoms with Gasteiger partial charge in [0.2, 0.25) is 0 Å². The summed E-state index contributed by atoms with van der Waals surface area (Å²) < 4.78 is 36.9. The van der Waals surface area contributed by atoms with Gasteiger partial charge in [-0.25, -0.2) is 19.5 Å². The molecule has 3 aromatic heterocycles. The predicted octanol–water partition coefficient (Wildman–Crippen LogP) is 1.42. The lowest BCUT2D eigenvalue weighted by atomic mass is 9.96. The second-order valence-electron chi connectivity index (χ2n) is 8.54. The minimum absolute atomic E-state index is 0.159. The molecule has 0 radical (unpaired) electrons. The minimum Gasteiger partial charge on any atom is -0.387 e. The van der Waals surface area contributed by atoms with Crippen LogP contribution in [0.3, 0.4) is 0 Å². The van der Waals surface area contributed by atoms with Crippen LogP contribution < -0.4 is 5.73 Å². The monoisotopic (exact) mass is 492 g/mol. The highest BCUT2D eigenvalue weighted by Gasteiger charge is 2.54. The van der Waals surface area contributed by atoms with Crippen LogP contribution in [0.4, 0.5) is 5.82 Å². The van der Waals surface area contributed by atoms with E-state index in [0.29, 0.717) is 17.6 Å². The van der Waals surface area contributed by atoms with E-state index >= 15 is 0 Å². The fourth-order valence-electron chi connectivity index (χ4n) is 4.14. The Hall–Kier alpha value is -2.51. The van der Waals surface area contributed by atoms with Crippen LogP contribution in [0, 0.1) is 6.92 Å². The molecule has 0 saturated carbocycles. The molecule has 1 unspecified atom stereocenters. The summed E-state index contributed by atoms with van der Waals surface area (Å²) in [5.41, 5.74) is 6.45. The summed E-state index contributed by atoms with van der Waals surface area (Å²) in [5.74, 6) is 0.171. The van der Waals surface area contributed by atoms with Crippen molar-refractivity contribution in [1.29, 1.82) is 0 Å². The normalized spacial score (nSPS) is 34.0. The van der Waals surface area contributed by atoms with E-state index in [1.54, 1.807) is 12.4 Å². The van der Waals surface area contributed by atoms with Crippen molar-refractivity contribution >= 4 is 24.8 Å². The maximum Gasteiger partial charge on any atom is 0.475 e. The third-order valence-corrected chi connectivity index (χ3v) is 7.42. The van der Waals surface area contributed by atoms with Crippen LogP contribution in [0.2, 0.25) is 0 Å². The lowest BCUT2D eigenvalue weighted by molar-refractivity contribution is -0.0953. The van der Waals surface area contributed by atoms with Gasteiger partial charge in [0.25, 0.3) is 0 Å². The van der Waals surface area contributed by atoms with Crippen molar-refractivity contribution in [3.8, 4) is 0 Å². The van der Waals surface area contributed by atoms with Crippen molar-refractivity contribution in [1.82, 2.24) is 24.5 Å². The van der Waals surface area contributed by atoms with Crippen molar-refractivity contribution in [2.45, 2.75) is 50.4 Å². The number of imidazole rings is 1. The van der Waals surface area contributed by atoms with Crippen LogP contribution in [-0.2, 0) is 22.9 Å². The number of phosphoric acid groups is 1. The number of aliphatic hydroxyl groups excluding tert-OH is 1. The fourth-order valence-corrected chi connectivity index (χ4v) is 5.54. The van der Waals surface area contributed by atoms with E-state index in [4.69, 9.17) is 24.0 Å². The SMILES string of the molecule is Cc1cncc([C@@H]2CCOP(=O)(OC[C@H]3O[C@@H](n4cnc5c(N)ncnc54)[C@](C)(O)[C@@H]3O)O2)c1. The number of hydrogen-bond donors (Lipinski definition) is 3. The maximum absolute atomic E-state index is 13.1. The average molecular weight is 492 g/mol. The number of rotatable bonds is 5. The van der Waals surface area contributed by atoms with Crippen LogP contribution in [-0.4, -0.2) is 65.7 Å². The van der Waals surface area contributed by atoms with E-state index in [1.165, 1.54) is 24.1 Å². The van der Waals surface area contributed by atoms with E-state index in [2.05, 4.69) is 19.9 Å². The largest absolute Gasteiger partial charge is 0.475 e. The molecule has 5 heterocycles. The number of aromatic nitrogens is 5. The molecule has 0 spiro atoms. The van der Waals surface area contributed by atoms with Gasteiger partial charge in [-0.2, -0.15) is 0 Å². The zero-order valence-electron chi connectivity index (χ0n) is 18.5. The van der Waals surface area contributed by atoms with Crippen LogP contribution in [0.5, 0.6) is 0 Å². The van der Waals surface area contributed by atoms with Gasteiger partial charge in [0, 0.05) is 24.4 Å². The number of hydrogen-bond acceptors (Lipinski definition) is 12. The first-order valence-corrected chi connectivity index (χ1v) is 12.1. The molecule has 0 aliphatic carbocycles. The first-order valence-electron chi connectivity index (χ1n) is 10.7. The van der Waals surface area contributed by atoms with Gasteiger partial charge >= 0.3 is 7.82 Å². The second kappa shape index (κ2) is 8.61. The lowest BCUT2D eigenvalue weighted by Gasteiger charge is -2.30. The van der Waals surface area contributed by atoms with Gasteiger partial charge in [0.05, 0.1) is 25.6 Å². The molecule has 182 valence electrons. The Morgan fingerprint density at radius 2 is 2.18 bits per heavy atom. The van der Waals surface area contributed by atoms with Gasteiger partial charge in [-0.15, -0.1) is 0 Å². The van der Waals surface area contributed by atoms with E-state index in [1.807, 2.05) is 13.0 Å². The van der Waals surface area contributed by atoms with Gasteiger partial charge in [-0.3, -0.25) is 23.1 Å². The predicted molar refractivity (Wildman–Crippen MR) is 117 cm³/mol. The number of nitrogens with zero attached hydrogens (tertiary/aromatic N) is 5. The van der Waals surface area contributed by atoms with E-state index in [0.717, 1.165) is 11.1 Å². The molecule has 34 heavy (non-hydrogen) atoms. The molecule has 0 bridgehead atoms. The number of aryl methyl sites for hydroxylation is 1. The molecule has 13 nitrogen and oxygen atoms in total. The Bertz CT molecular complexity index is 1250. The summed E-state index contributed by atoms with van der Waals surface area (Å²) in [6.07, 6.45) is 2.47. The Morgan fingerprint density at radius 3 is 2.97 bits per heavy atom. The molecule has 0 amide bonds. The minimum atomic E-state index is -3.95. The number of ether oxygens (including phenoxy) is 1. The zero-order valence-corrected chi connectivity index (χ0v) is 19.4. The topological polar surface area (TPSA) is 177 Å². The van der Waals surface area contributed by atoms with Crippen molar-refractivity contribution < 1.29 is 33.1 Å². The molecule has 3 aromatic rings. The van der Waals surface area contributed by atoms with Gasteiger partial charge in [-0.05, 0) is 19.4 Å². The number of phosphoric ester groups is 1. The van der Waals surface area contributed by atoms with Crippen molar-refractivity contribution in [3.05, 3.63) is 42.2 Å². The molecule has 6 atom stereocenters. The summed E-state index contributed by atoms with van der Waals surface area (Å²) in [6.45, 7) is 3.12. The smallest absolute Gasteiger partial charge is 0.387 e. The highest BCUT2D eigenvalue weighted by molar-refractivity contribution is 7.48. The number of nitrogen functional groups attached to an aromatic ring is 1. The Balaban J connectivity index is 1.31. The summed E-state index contributed by atoms with van der Waals surface area (Å²) in [4.78, 5) is 16.4. The third-order valence-electron chi connectivity index (χ3n) is 5.94. The van der Waals surface area contributed by atoms with Crippen molar-refractivity contribution in [2.24, 2.45) is 0 Å². The Labute approximate surface area is 194 Å². The average Bonchev–Trinajstić information content (AvgIpc) is 3.32. The molecule has 0 aromatic carbocycles. The number of fused-ring (bicyclic) bond motifs is 1. The Morgan fingerprint density at radius 1 is 1.35 bits per heavy atom. The standard InChI is InChI=1S/C20H25N6O7P/c1-11-5-12(7-22-6-11)13-3-4-30-34(29,33-13)31-8-14-16(27)20(2,28)19(32-14)26-10-25-15-17(21)23-9-24-18(15)26/h5-7,9-10,13-14,16,19,27-28H,3-4,8H2,1-2H3,(H2,21,23,24)/t13-,14+,16+,19+,20+,34?/m0/s1. The van der Waals surface area contributed by atoms with E-state index in [9.17, 15) is 14.8 Å². The highest BCUT2D eigenvalue weighted by Crippen LogP contribution is 2.57. The number of aliphatic hydroxyl groups is 2. The van der Waals surface area contributed by atoms with Gasteiger partial charge in [0.15, 0.2) is 17.7 Å². The number of pyridine rings is 1. The van der Waals surface area contributed by atoms with Gasteiger partial charge in [0.1, 0.15) is 29.7 Å². The Kier molecular flexibility index (Phi) is 5.89. The van der Waals surface area contributed by atoms with Crippen molar-refractivity contribution in [2.75, 3.05) is 18.9 Å². The summed E-state index contributed by atoms with van der Waals surface area (Å²) >= 11 is 0. The van der Waals surface area contributed by atoms with Crippen LogP contribution in [0.25, 0.3) is 11.2 Å². The van der Waals surface area contributed by atoms with Crippen LogP contribution in [0.1, 0.15) is 36.8 Å². The molecule has 2 aliphatic heterocycles. The van der Waals surface area contributed by atoms with Gasteiger partial charge in [-0.1, -0.05) is 6.07 Å². The first-order chi connectivity index (χ1) is 16.2. The molecule has 2 saturated heterocycles.